The molecule has 0 radical (unpaired) electrons. The van der Waals surface area contributed by atoms with E-state index in [0.717, 1.165) is 11.3 Å². The predicted molar refractivity (Wildman–Crippen MR) is 74.4 cm³/mol. The number of rotatable bonds is 6. The molecular formula is C14H22N2O3. The number of hydrogen-bond donors (Lipinski definition) is 2. The predicted octanol–water partition coefficient (Wildman–Crippen LogP) is 1.62. The van der Waals surface area contributed by atoms with Crippen LogP contribution in [0, 0.1) is 0 Å². The van der Waals surface area contributed by atoms with Crippen LogP contribution in [0.2, 0.25) is 0 Å². The highest BCUT2D eigenvalue weighted by molar-refractivity contribution is 5.81. The fraction of sp³-hybridized carbons (Fsp3) is 0.500. The van der Waals surface area contributed by atoms with Crippen molar-refractivity contribution >= 4 is 5.91 Å². The van der Waals surface area contributed by atoms with E-state index in [9.17, 15) is 4.79 Å². The van der Waals surface area contributed by atoms with Crippen molar-refractivity contribution < 1.29 is 14.3 Å². The van der Waals surface area contributed by atoms with Crippen LogP contribution in [0.3, 0.4) is 0 Å². The van der Waals surface area contributed by atoms with Crippen LogP contribution in [0.25, 0.3) is 0 Å². The molecule has 1 aromatic carbocycles. The molecule has 5 nitrogen and oxygen atoms in total. The molecule has 3 N–H and O–H groups in total. The van der Waals surface area contributed by atoms with Gasteiger partial charge in [-0.3, -0.25) is 4.79 Å². The van der Waals surface area contributed by atoms with E-state index >= 15 is 0 Å². The van der Waals surface area contributed by atoms with Gasteiger partial charge in [0.05, 0.1) is 26.3 Å². The molecule has 1 rings (SSSR count). The first-order valence-electron chi connectivity index (χ1n) is 6.31. The molecule has 5 heteroatoms. The van der Waals surface area contributed by atoms with E-state index in [1.54, 1.807) is 14.2 Å². The highest BCUT2D eigenvalue weighted by Gasteiger charge is 2.18. The van der Waals surface area contributed by atoms with Crippen LogP contribution < -0.4 is 20.5 Å². The molecule has 0 spiro atoms. The minimum absolute atomic E-state index is 0.167. The molecule has 19 heavy (non-hydrogen) atoms. The van der Waals surface area contributed by atoms with Gasteiger partial charge in [-0.05, 0) is 31.5 Å². The maximum atomic E-state index is 11.8. The van der Waals surface area contributed by atoms with Crippen molar-refractivity contribution in [1.82, 2.24) is 5.32 Å². The summed E-state index contributed by atoms with van der Waals surface area (Å²) in [5.74, 6) is 1.26. The fourth-order valence-electron chi connectivity index (χ4n) is 1.76. The average molecular weight is 266 g/mol. The first-order valence-corrected chi connectivity index (χ1v) is 6.31. The summed E-state index contributed by atoms with van der Waals surface area (Å²) >= 11 is 0. The van der Waals surface area contributed by atoms with Crippen LogP contribution in [0.4, 0.5) is 0 Å². The lowest BCUT2D eigenvalue weighted by Gasteiger charge is -2.20. The van der Waals surface area contributed by atoms with Crippen molar-refractivity contribution in [2.75, 3.05) is 14.2 Å². The van der Waals surface area contributed by atoms with Gasteiger partial charge in [0.25, 0.3) is 0 Å². The van der Waals surface area contributed by atoms with Gasteiger partial charge in [-0.15, -0.1) is 0 Å². The third kappa shape index (κ3) is 3.86. The Labute approximate surface area is 114 Å². The summed E-state index contributed by atoms with van der Waals surface area (Å²) in [6, 6.07) is 4.79. The molecule has 1 amide bonds. The standard InChI is InChI=1S/C14H22N2O3/c1-5-12(15)14(17)16-9(2)11-8-10(18-3)6-7-13(11)19-4/h6-9,12H,5,15H2,1-4H3,(H,16,17). The lowest BCUT2D eigenvalue weighted by atomic mass is 10.1. The zero-order valence-electron chi connectivity index (χ0n) is 11.9. The molecule has 2 unspecified atom stereocenters. The molecule has 1 aromatic rings. The number of nitrogens with two attached hydrogens (primary N) is 1. The Balaban J connectivity index is 2.91. The van der Waals surface area contributed by atoms with Crippen LogP contribution in [0.5, 0.6) is 11.5 Å². The molecule has 0 saturated heterocycles. The normalized spacial score (nSPS) is 13.5. The van der Waals surface area contributed by atoms with Crippen molar-refractivity contribution in [3.63, 3.8) is 0 Å². The van der Waals surface area contributed by atoms with Gasteiger partial charge in [-0.25, -0.2) is 0 Å². The van der Waals surface area contributed by atoms with E-state index in [4.69, 9.17) is 15.2 Å². The molecule has 2 atom stereocenters. The Morgan fingerprint density at radius 1 is 1.37 bits per heavy atom. The molecule has 0 aliphatic heterocycles. The number of ether oxygens (including phenoxy) is 2. The second-order valence-corrected chi connectivity index (χ2v) is 4.35. The fourth-order valence-corrected chi connectivity index (χ4v) is 1.76. The maximum Gasteiger partial charge on any atom is 0.237 e. The second-order valence-electron chi connectivity index (χ2n) is 4.35. The van der Waals surface area contributed by atoms with Crippen LogP contribution in [0.15, 0.2) is 18.2 Å². The quantitative estimate of drug-likeness (QED) is 0.820. The molecule has 0 aliphatic carbocycles. The summed E-state index contributed by atoms with van der Waals surface area (Å²) in [6.45, 7) is 3.76. The number of hydrogen-bond acceptors (Lipinski definition) is 4. The largest absolute Gasteiger partial charge is 0.497 e. The van der Waals surface area contributed by atoms with Crippen molar-refractivity contribution in [2.45, 2.75) is 32.4 Å². The van der Waals surface area contributed by atoms with E-state index in [1.165, 1.54) is 0 Å². The summed E-state index contributed by atoms with van der Waals surface area (Å²) < 4.78 is 10.5. The zero-order chi connectivity index (χ0) is 14.4. The highest BCUT2D eigenvalue weighted by atomic mass is 16.5. The first-order chi connectivity index (χ1) is 9.03. The Hall–Kier alpha value is -1.75. The van der Waals surface area contributed by atoms with Crippen molar-refractivity contribution in [3.8, 4) is 11.5 Å². The molecule has 0 heterocycles. The van der Waals surface area contributed by atoms with Crippen molar-refractivity contribution in [1.29, 1.82) is 0 Å². The molecule has 0 fully saturated rings. The second kappa shape index (κ2) is 6.99. The van der Waals surface area contributed by atoms with Gasteiger partial charge in [0, 0.05) is 5.56 Å². The lowest BCUT2D eigenvalue weighted by Crippen LogP contribution is -2.41. The minimum atomic E-state index is -0.487. The Morgan fingerprint density at radius 2 is 2.05 bits per heavy atom. The first kappa shape index (κ1) is 15.3. The number of nitrogens with one attached hydrogen (secondary N) is 1. The highest BCUT2D eigenvalue weighted by Crippen LogP contribution is 2.29. The summed E-state index contributed by atoms with van der Waals surface area (Å²) in [4.78, 5) is 11.8. The van der Waals surface area contributed by atoms with E-state index < -0.39 is 6.04 Å². The van der Waals surface area contributed by atoms with E-state index in [1.807, 2.05) is 32.0 Å². The minimum Gasteiger partial charge on any atom is -0.497 e. The third-order valence-corrected chi connectivity index (χ3v) is 3.04. The van der Waals surface area contributed by atoms with Gasteiger partial charge in [-0.2, -0.15) is 0 Å². The van der Waals surface area contributed by atoms with Gasteiger partial charge in [-0.1, -0.05) is 6.92 Å². The van der Waals surface area contributed by atoms with Gasteiger partial charge < -0.3 is 20.5 Å². The third-order valence-electron chi connectivity index (χ3n) is 3.04. The van der Waals surface area contributed by atoms with Gasteiger partial charge >= 0.3 is 0 Å². The van der Waals surface area contributed by atoms with Crippen LogP contribution in [-0.4, -0.2) is 26.2 Å². The van der Waals surface area contributed by atoms with Crippen LogP contribution in [0.1, 0.15) is 31.9 Å². The molecule has 0 aliphatic rings. The summed E-state index contributed by atoms with van der Waals surface area (Å²) in [5, 5.41) is 2.87. The van der Waals surface area contributed by atoms with Gasteiger partial charge in [0.15, 0.2) is 0 Å². The van der Waals surface area contributed by atoms with Gasteiger partial charge in [0.2, 0.25) is 5.91 Å². The smallest absolute Gasteiger partial charge is 0.237 e. The zero-order valence-corrected chi connectivity index (χ0v) is 11.9. The van der Waals surface area contributed by atoms with Crippen LogP contribution >= 0.6 is 0 Å². The van der Waals surface area contributed by atoms with E-state index in [0.29, 0.717) is 12.2 Å². The molecule has 106 valence electrons. The number of carbonyl (C=O) groups is 1. The monoisotopic (exact) mass is 266 g/mol. The van der Waals surface area contributed by atoms with Gasteiger partial charge in [0.1, 0.15) is 11.5 Å². The van der Waals surface area contributed by atoms with E-state index in [2.05, 4.69) is 5.32 Å². The number of carbonyl (C=O) groups excluding carboxylic acids is 1. The maximum absolute atomic E-state index is 11.8. The van der Waals surface area contributed by atoms with E-state index in [-0.39, 0.29) is 11.9 Å². The average Bonchev–Trinajstić information content (AvgIpc) is 2.45. The Bertz CT molecular complexity index is 435. The summed E-state index contributed by atoms with van der Waals surface area (Å²) in [5.41, 5.74) is 6.56. The molecular weight excluding hydrogens is 244 g/mol. The molecule has 0 aromatic heterocycles. The van der Waals surface area contributed by atoms with Crippen molar-refractivity contribution in [2.24, 2.45) is 5.73 Å². The SMILES string of the molecule is CCC(N)C(=O)NC(C)c1cc(OC)ccc1OC. The Kier molecular flexibility index (Phi) is 5.63. The number of amides is 1. The number of methoxy groups -OCH3 is 2. The van der Waals surface area contributed by atoms with Crippen LogP contribution in [-0.2, 0) is 4.79 Å². The topological polar surface area (TPSA) is 73.6 Å². The number of benzene rings is 1. The molecule has 0 bridgehead atoms. The lowest BCUT2D eigenvalue weighted by molar-refractivity contribution is -0.123. The molecule has 0 saturated carbocycles. The van der Waals surface area contributed by atoms with Crippen molar-refractivity contribution in [3.05, 3.63) is 23.8 Å². The summed E-state index contributed by atoms with van der Waals surface area (Å²) in [7, 11) is 3.19. The summed E-state index contributed by atoms with van der Waals surface area (Å²) in [6.07, 6.45) is 0.605. The Morgan fingerprint density at radius 3 is 2.58 bits per heavy atom.